The lowest BCUT2D eigenvalue weighted by Crippen LogP contribution is -2.32. The maximum Gasteiger partial charge on any atom is 0.311 e. The lowest BCUT2D eigenvalue weighted by Gasteiger charge is -2.24. The number of carbonyl (C=O) groups is 1. The number of hydrogen-bond donors (Lipinski definition) is 2. The van der Waals surface area contributed by atoms with Gasteiger partial charge in [0, 0.05) is 29.2 Å². The summed E-state index contributed by atoms with van der Waals surface area (Å²) in [6.07, 6.45) is 3.36. The summed E-state index contributed by atoms with van der Waals surface area (Å²) in [7, 11) is 0. The van der Waals surface area contributed by atoms with Crippen molar-refractivity contribution < 1.29 is 9.90 Å². The highest BCUT2D eigenvalue weighted by molar-refractivity contribution is 5.91. The monoisotopic (exact) mass is 286 g/mol. The van der Waals surface area contributed by atoms with Crippen molar-refractivity contribution in [2.75, 3.05) is 0 Å². The van der Waals surface area contributed by atoms with Gasteiger partial charge >= 0.3 is 5.97 Å². The number of rotatable bonds is 4. The van der Waals surface area contributed by atoms with Gasteiger partial charge in [-0.1, -0.05) is 31.5 Å². The van der Waals surface area contributed by atoms with Crippen LogP contribution in [-0.4, -0.2) is 21.7 Å². The first-order chi connectivity index (χ1) is 10.1. The number of nitrogens with zero attached hydrogens (tertiary/aromatic N) is 1. The van der Waals surface area contributed by atoms with Gasteiger partial charge in [-0.25, -0.2) is 0 Å². The molecule has 1 aromatic heterocycles. The Labute approximate surface area is 124 Å². The van der Waals surface area contributed by atoms with Crippen LogP contribution >= 0.6 is 0 Å². The van der Waals surface area contributed by atoms with E-state index in [1.807, 2.05) is 25.1 Å². The molecular weight excluding hydrogens is 264 g/mol. The number of carboxylic acids is 1. The van der Waals surface area contributed by atoms with Gasteiger partial charge in [-0.15, -0.1) is 0 Å². The topological polar surface area (TPSA) is 68.2 Å². The van der Waals surface area contributed by atoms with Crippen LogP contribution in [0.15, 0.2) is 24.3 Å². The van der Waals surface area contributed by atoms with Gasteiger partial charge in [0.25, 0.3) is 0 Å². The van der Waals surface area contributed by atoms with Gasteiger partial charge in [0.1, 0.15) is 0 Å². The molecule has 0 spiro atoms. The van der Waals surface area contributed by atoms with Crippen molar-refractivity contribution in [1.29, 1.82) is 0 Å². The van der Waals surface area contributed by atoms with Gasteiger partial charge in [-0.05, 0) is 30.9 Å². The third kappa shape index (κ3) is 2.33. The Bertz CT molecular complexity index is 675. The van der Waals surface area contributed by atoms with Gasteiger partial charge in [0.05, 0.1) is 5.92 Å². The number of aliphatic carboxylic acids is 1. The molecule has 1 unspecified atom stereocenters. The highest BCUT2D eigenvalue weighted by Crippen LogP contribution is 2.37. The molecule has 2 heterocycles. The van der Waals surface area contributed by atoms with Crippen molar-refractivity contribution in [1.82, 2.24) is 4.57 Å². The molecule has 0 saturated heterocycles. The zero-order valence-corrected chi connectivity index (χ0v) is 12.4. The van der Waals surface area contributed by atoms with Gasteiger partial charge in [-0.2, -0.15) is 0 Å². The van der Waals surface area contributed by atoms with E-state index in [1.54, 1.807) is 0 Å². The Morgan fingerprint density at radius 1 is 1.48 bits per heavy atom. The summed E-state index contributed by atoms with van der Waals surface area (Å²) in [4.78, 5) is 11.7. The normalized spacial score (nSPS) is 19.4. The van der Waals surface area contributed by atoms with E-state index in [2.05, 4.69) is 10.6 Å². The molecule has 2 aromatic rings. The van der Waals surface area contributed by atoms with Gasteiger partial charge < -0.3 is 15.4 Å². The minimum Gasteiger partial charge on any atom is -0.481 e. The molecule has 0 radical (unpaired) electrons. The van der Waals surface area contributed by atoms with E-state index in [-0.39, 0.29) is 6.04 Å². The fourth-order valence-electron chi connectivity index (χ4n) is 3.58. The summed E-state index contributed by atoms with van der Waals surface area (Å²) in [5.74, 6) is -1.13. The maximum absolute atomic E-state index is 11.7. The molecule has 3 rings (SSSR count). The van der Waals surface area contributed by atoms with Gasteiger partial charge in [0.15, 0.2) is 0 Å². The molecule has 0 aliphatic carbocycles. The molecule has 1 aliphatic heterocycles. The third-order valence-electron chi connectivity index (χ3n) is 4.51. The highest BCUT2D eigenvalue weighted by Gasteiger charge is 2.30. The van der Waals surface area contributed by atoms with E-state index in [0.29, 0.717) is 6.42 Å². The van der Waals surface area contributed by atoms with E-state index >= 15 is 0 Å². The molecule has 1 aliphatic rings. The Balaban J connectivity index is 2.24. The minimum absolute atomic E-state index is 0.163. The lowest BCUT2D eigenvalue weighted by molar-refractivity contribution is -0.139. The summed E-state index contributed by atoms with van der Waals surface area (Å²) >= 11 is 0. The lowest BCUT2D eigenvalue weighted by atomic mass is 9.90. The van der Waals surface area contributed by atoms with Gasteiger partial charge in [0.2, 0.25) is 0 Å². The van der Waals surface area contributed by atoms with E-state index in [4.69, 9.17) is 5.73 Å². The van der Waals surface area contributed by atoms with E-state index in [9.17, 15) is 9.90 Å². The van der Waals surface area contributed by atoms with E-state index in [1.165, 1.54) is 5.69 Å². The average molecular weight is 286 g/mol. The summed E-state index contributed by atoms with van der Waals surface area (Å²) in [5.41, 5.74) is 9.43. The molecule has 4 nitrogen and oxygen atoms in total. The fourth-order valence-corrected chi connectivity index (χ4v) is 3.58. The Hall–Kier alpha value is -1.81. The molecule has 0 fully saturated rings. The number of benzene rings is 1. The van der Waals surface area contributed by atoms with Crippen molar-refractivity contribution in [3.8, 4) is 0 Å². The molecule has 3 N–H and O–H groups in total. The van der Waals surface area contributed by atoms with Gasteiger partial charge in [-0.3, -0.25) is 4.79 Å². The smallest absolute Gasteiger partial charge is 0.311 e. The first kappa shape index (κ1) is 14.1. The molecule has 0 saturated carbocycles. The van der Waals surface area contributed by atoms with Crippen molar-refractivity contribution in [2.45, 2.75) is 51.1 Å². The number of hydrogen-bond acceptors (Lipinski definition) is 2. The van der Waals surface area contributed by atoms with Crippen LogP contribution in [-0.2, 0) is 17.8 Å². The predicted octanol–water partition coefficient (Wildman–Crippen LogP) is 2.88. The SMILES string of the molecule is CCCC(C(=O)O)c1c2n(c3ccccc13)C[C@H](N)CC2. The van der Waals surface area contributed by atoms with Crippen molar-refractivity contribution in [2.24, 2.45) is 5.73 Å². The first-order valence-corrected chi connectivity index (χ1v) is 7.71. The van der Waals surface area contributed by atoms with Crippen LogP contribution in [0.4, 0.5) is 0 Å². The number of aromatic nitrogens is 1. The highest BCUT2D eigenvalue weighted by atomic mass is 16.4. The Kier molecular flexibility index (Phi) is 3.72. The molecule has 2 atom stereocenters. The second kappa shape index (κ2) is 5.53. The number of para-hydroxylation sites is 1. The van der Waals surface area contributed by atoms with E-state index in [0.717, 1.165) is 42.3 Å². The maximum atomic E-state index is 11.7. The molecule has 0 amide bonds. The van der Waals surface area contributed by atoms with Crippen molar-refractivity contribution in [3.05, 3.63) is 35.5 Å². The Morgan fingerprint density at radius 3 is 2.95 bits per heavy atom. The van der Waals surface area contributed by atoms with Crippen LogP contribution < -0.4 is 5.73 Å². The molecular formula is C17H22N2O2. The van der Waals surface area contributed by atoms with Crippen molar-refractivity contribution in [3.63, 3.8) is 0 Å². The molecule has 21 heavy (non-hydrogen) atoms. The second-order valence-electron chi connectivity index (χ2n) is 5.97. The Morgan fingerprint density at radius 2 is 2.24 bits per heavy atom. The van der Waals surface area contributed by atoms with Crippen LogP contribution in [0.1, 0.15) is 43.4 Å². The summed E-state index contributed by atoms with van der Waals surface area (Å²) in [5, 5.41) is 10.7. The summed E-state index contributed by atoms with van der Waals surface area (Å²) in [6, 6.07) is 8.28. The predicted molar refractivity (Wildman–Crippen MR) is 83.5 cm³/mol. The van der Waals surface area contributed by atoms with Crippen LogP contribution in [0.2, 0.25) is 0 Å². The summed E-state index contributed by atoms with van der Waals surface area (Å²) in [6.45, 7) is 2.82. The standard InChI is InChI=1S/C17H22N2O2/c1-2-5-13(17(20)21)16-12-6-3-4-7-14(12)19-10-11(18)8-9-15(16)19/h3-4,6-7,11,13H,2,5,8-10,18H2,1H3,(H,20,21)/t11-,13?/m1/s1. The largest absolute Gasteiger partial charge is 0.481 e. The fraction of sp³-hybridized carbons (Fsp3) is 0.471. The molecule has 4 heteroatoms. The first-order valence-electron chi connectivity index (χ1n) is 7.71. The zero-order valence-electron chi connectivity index (χ0n) is 12.4. The molecule has 112 valence electrons. The number of nitrogens with two attached hydrogens (primary N) is 1. The molecule has 1 aromatic carbocycles. The number of carboxylic acid groups (broad SMARTS) is 1. The second-order valence-corrected chi connectivity index (χ2v) is 5.97. The quantitative estimate of drug-likeness (QED) is 0.908. The van der Waals surface area contributed by atoms with Crippen LogP contribution in [0.3, 0.4) is 0 Å². The zero-order chi connectivity index (χ0) is 15.0. The average Bonchev–Trinajstić information content (AvgIpc) is 2.78. The third-order valence-corrected chi connectivity index (χ3v) is 4.51. The van der Waals surface area contributed by atoms with Crippen LogP contribution in [0.25, 0.3) is 10.9 Å². The molecule has 0 bridgehead atoms. The van der Waals surface area contributed by atoms with Crippen molar-refractivity contribution >= 4 is 16.9 Å². The summed E-state index contributed by atoms with van der Waals surface area (Å²) < 4.78 is 2.24. The minimum atomic E-state index is -0.717. The van der Waals surface area contributed by atoms with Crippen LogP contribution in [0, 0.1) is 0 Å². The number of fused-ring (bicyclic) bond motifs is 3. The van der Waals surface area contributed by atoms with E-state index < -0.39 is 11.9 Å². The van der Waals surface area contributed by atoms with Crippen LogP contribution in [0.5, 0.6) is 0 Å².